The van der Waals surface area contributed by atoms with Crippen molar-refractivity contribution in [1.82, 2.24) is 14.8 Å². The lowest BCUT2D eigenvalue weighted by Gasteiger charge is -2.22. The van der Waals surface area contributed by atoms with Gasteiger partial charge >= 0.3 is 0 Å². The molecule has 0 atom stereocenters. The summed E-state index contributed by atoms with van der Waals surface area (Å²) >= 11 is 0. The van der Waals surface area contributed by atoms with Crippen molar-refractivity contribution in [1.29, 1.82) is 0 Å². The van der Waals surface area contributed by atoms with E-state index < -0.39 is 0 Å². The smallest absolute Gasteiger partial charge is 0.194 e. The third-order valence-corrected chi connectivity index (χ3v) is 4.01. The van der Waals surface area contributed by atoms with E-state index >= 15 is 0 Å². The fourth-order valence-electron chi connectivity index (χ4n) is 2.61. The first-order chi connectivity index (χ1) is 12.6. The molecule has 0 bridgehead atoms. The van der Waals surface area contributed by atoms with Crippen LogP contribution in [0.15, 0.2) is 41.5 Å². The Kier molecular flexibility index (Phi) is 9.58. The van der Waals surface area contributed by atoms with Crippen LogP contribution in [0.25, 0.3) is 0 Å². The summed E-state index contributed by atoms with van der Waals surface area (Å²) < 4.78 is 13.0. The van der Waals surface area contributed by atoms with Crippen LogP contribution >= 0.6 is 24.0 Å². The van der Waals surface area contributed by atoms with Crippen molar-refractivity contribution in [3.8, 4) is 23.8 Å². The standard InChI is InChI=1S/C20H26N4O2.HI/c1-6-12-26-19-13-16(9-10-18(19)25-5)14-22-20(21-2)24(4)15-17-8-7-11-23(17)3;/h1,7-11,13H,12,14-15H2,2-5H3,(H,21,22);1H. The molecule has 7 heteroatoms. The van der Waals surface area contributed by atoms with Crippen molar-refractivity contribution in [2.75, 3.05) is 27.8 Å². The number of rotatable bonds is 7. The summed E-state index contributed by atoms with van der Waals surface area (Å²) in [5.41, 5.74) is 2.26. The van der Waals surface area contributed by atoms with Crippen LogP contribution in [-0.2, 0) is 20.1 Å². The first-order valence-corrected chi connectivity index (χ1v) is 8.34. The maximum absolute atomic E-state index is 5.55. The highest BCUT2D eigenvalue weighted by molar-refractivity contribution is 14.0. The molecule has 6 nitrogen and oxygen atoms in total. The maximum atomic E-state index is 5.55. The van der Waals surface area contributed by atoms with Gasteiger partial charge in [0.25, 0.3) is 0 Å². The summed E-state index contributed by atoms with van der Waals surface area (Å²) in [7, 11) is 7.43. The number of aromatic nitrogens is 1. The van der Waals surface area contributed by atoms with Gasteiger partial charge in [-0.05, 0) is 29.8 Å². The molecule has 0 radical (unpaired) electrons. The molecule has 0 amide bonds. The Morgan fingerprint density at radius 1 is 1.33 bits per heavy atom. The summed E-state index contributed by atoms with van der Waals surface area (Å²) in [6.07, 6.45) is 7.31. The molecule has 1 heterocycles. The fraction of sp³-hybridized carbons (Fsp3) is 0.350. The zero-order chi connectivity index (χ0) is 18.9. The van der Waals surface area contributed by atoms with Gasteiger partial charge in [0.1, 0.15) is 6.61 Å². The van der Waals surface area contributed by atoms with Crippen molar-refractivity contribution in [3.05, 3.63) is 47.8 Å². The predicted octanol–water partition coefficient (Wildman–Crippen LogP) is 2.87. The van der Waals surface area contributed by atoms with Gasteiger partial charge in [0.2, 0.25) is 0 Å². The number of hydrogen-bond acceptors (Lipinski definition) is 3. The van der Waals surface area contributed by atoms with Gasteiger partial charge in [-0.1, -0.05) is 12.0 Å². The number of hydrogen-bond donors (Lipinski definition) is 1. The fourth-order valence-corrected chi connectivity index (χ4v) is 2.61. The second-order valence-electron chi connectivity index (χ2n) is 5.85. The van der Waals surface area contributed by atoms with E-state index in [9.17, 15) is 0 Å². The van der Waals surface area contributed by atoms with Crippen molar-refractivity contribution < 1.29 is 9.47 Å². The van der Waals surface area contributed by atoms with Gasteiger partial charge in [-0.25, -0.2) is 0 Å². The molecule has 2 aromatic rings. The molecule has 0 aliphatic carbocycles. The Labute approximate surface area is 178 Å². The normalized spacial score (nSPS) is 10.6. The van der Waals surface area contributed by atoms with E-state index in [0.29, 0.717) is 18.0 Å². The highest BCUT2D eigenvalue weighted by Gasteiger charge is 2.10. The van der Waals surface area contributed by atoms with E-state index in [-0.39, 0.29) is 30.6 Å². The quantitative estimate of drug-likeness (QED) is 0.286. The molecule has 0 aliphatic heterocycles. The van der Waals surface area contributed by atoms with Gasteiger partial charge in [-0.3, -0.25) is 4.99 Å². The maximum Gasteiger partial charge on any atom is 0.194 e. The average Bonchev–Trinajstić information content (AvgIpc) is 3.05. The van der Waals surface area contributed by atoms with Gasteiger partial charge in [0, 0.05) is 39.6 Å². The molecule has 0 saturated carbocycles. The highest BCUT2D eigenvalue weighted by Crippen LogP contribution is 2.28. The third-order valence-electron chi connectivity index (χ3n) is 4.01. The van der Waals surface area contributed by atoms with Crippen molar-refractivity contribution in [3.63, 3.8) is 0 Å². The molecular formula is C20H27IN4O2. The van der Waals surface area contributed by atoms with E-state index in [2.05, 4.69) is 31.8 Å². The van der Waals surface area contributed by atoms with Crippen molar-refractivity contribution in [2.45, 2.75) is 13.1 Å². The number of aryl methyl sites for hydroxylation is 1. The number of benzene rings is 1. The monoisotopic (exact) mass is 482 g/mol. The third kappa shape index (κ3) is 6.40. The van der Waals surface area contributed by atoms with E-state index in [1.165, 1.54) is 5.69 Å². The van der Waals surface area contributed by atoms with Gasteiger partial charge < -0.3 is 24.3 Å². The molecule has 1 aromatic carbocycles. The number of methoxy groups -OCH3 is 1. The Morgan fingerprint density at radius 2 is 2.11 bits per heavy atom. The first-order valence-electron chi connectivity index (χ1n) is 8.34. The van der Waals surface area contributed by atoms with Gasteiger partial charge in [-0.2, -0.15) is 0 Å². The molecule has 0 saturated heterocycles. The minimum Gasteiger partial charge on any atom is -0.493 e. The second kappa shape index (κ2) is 11.4. The second-order valence-corrected chi connectivity index (χ2v) is 5.85. The molecule has 0 spiro atoms. The number of nitrogens with one attached hydrogen (secondary N) is 1. The van der Waals surface area contributed by atoms with Gasteiger partial charge in [0.05, 0.1) is 13.7 Å². The van der Waals surface area contributed by atoms with E-state index in [1.54, 1.807) is 14.2 Å². The highest BCUT2D eigenvalue weighted by atomic mass is 127. The number of ether oxygens (including phenoxy) is 2. The average molecular weight is 482 g/mol. The molecule has 0 aliphatic rings. The van der Waals surface area contributed by atoms with Crippen LogP contribution in [0.1, 0.15) is 11.3 Å². The number of halogens is 1. The summed E-state index contributed by atoms with van der Waals surface area (Å²) in [6, 6.07) is 9.92. The van der Waals surface area contributed by atoms with E-state index in [1.807, 2.05) is 44.6 Å². The molecule has 2 rings (SSSR count). The molecule has 0 fully saturated rings. The topological polar surface area (TPSA) is 51.0 Å². The number of guanidine groups is 1. The van der Waals surface area contributed by atoms with Crippen LogP contribution in [0.2, 0.25) is 0 Å². The summed E-state index contributed by atoms with van der Waals surface area (Å²) in [5, 5.41) is 3.37. The van der Waals surface area contributed by atoms with Crippen LogP contribution < -0.4 is 14.8 Å². The van der Waals surface area contributed by atoms with Crippen LogP contribution in [0.3, 0.4) is 0 Å². The van der Waals surface area contributed by atoms with Crippen LogP contribution in [-0.4, -0.2) is 43.2 Å². The first kappa shape index (κ1) is 22.7. The van der Waals surface area contributed by atoms with E-state index in [4.69, 9.17) is 15.9 Å². The van der Waals surface area contributed by atoms with Crippen LogP contribution in [0.4, 0.5) is 0 Å². The van der Waals surface area contributed by atoms with Gasteiger partial charge in [-0.15, -0.1) is 30.4 Å². The Morgan fingerprint density at radius 3 is 2.70 bits per heavy atom. The van der Waals surface area contributed by atoms with Crippen LogP contribution in [0.5, 0.6) is 11.5 Å². The summed E-state index contributed by atoms with van der Waals surface area (Å²) in [5.74, 6) is 4.58. The van der Waals surface area contributed by atoms with E-state index in [0.717, 1.165) is 18.1 Å². The lowest BCUT2D eigenvalue weighted by molar-refractivity contribution is 0.330. The Bertz CT molecular complexity index is 796. The van der Waals surface area contributed by atoms with Crippen molar-refractivity contribution in [2.24, 2.45) is 12.0 Å². The minimum atomic E-state index is 0. The summed E-state index contributed by atoms with van der Waals surface area (Å²) in [6.45, 7) is 1.58. The Hall–Kier alpha value is -2.34. The predicted molar refractivity (Wildman–Crippen MR) is 120 cm³/mol. The molecular weight excluding hydrogens is 455 g/mol. The lowest BCUT2D eigenvalue weighted by atomic mass is 10.2. The minimum absolute atomic E-state index is 0. The number of nitrogens with zero attached hydrogens (tertiary/aromatic N) is 3. The molecule has 146 valence electrons. The number of terminal acetylenes is 1. The molecule has 0 unspecified atom stereocenters. The number of aliphatic imine (C=N–C) groups is 1. The SMILES string of the molecule is C#CCOc1cc(CNC(=NC)N(C)Cc2cccn2C)ccc1OC.I. The van der Waals surface area contributed by atoms with Gasteiger partial charge in [0.15, 0.2) is 17.5 Å². The lowest BCUT2D eigenvalue weighted by Crippen LogP contribution is -2.38. The molecule has 27 heavy (non-hydrogen) atoms. The molecule has 1 aromatic heterocycles. The zero-order valence-corrected chi connectivity index (χ0v) is 18.6. The van der Waals surface area contributed by atoms with Crippen LogP contribution in [0, 0.1) is 12.3 Å². The Balaban J connectivity index is 0.00000364. The zero-order valence-electron chi connectivity index (χ0n) is 16.2. The van der Waals surface area contributed by atoms with Crippen molar-refractivity contribution >= 4 is 29.9 Å². The summed E-state index contributed by atoms with van der Waals surface area (Å²) in [4.78, 5) is 6.44. The molecule has 1 N–H and O–H groups in total. The largest absolute Gasteiger partial charge is 0.493 e.